The van der Waals surface area contributed by atoms with Crippen molar-refractivity contribution in [3.8, 4) is 0 Å². The molecule has 0 saturated heterocycles. The number of hydrogen-bond donors (Lipinski definition) is 1. The van der Waals surface area contributed by atoms with Gasteiger partial charge in [0.25, 0.3) is 0 Å². The topological polar surface area (TPSA) is 30.9 Å². The molecule has 0 fully saturated rings. The molecule has 2 aromatic rings. The Balaban J connectivity index is 2.26. The minimum atomic E-state index is 0.214. The lowest BCUT2D eigenvalue weighted by atomic mass is 9.99. The highest BCUT2D eigenvalue weighted by molar-refractivity contribution is 5.84. The molecule has 2 nitrogen and oxygen atoms in total. The Labute approximate surface area is 129 Å². The van der Waals surface area contributed by atoms with Gasteiger partial charge < -0.3 is 10.3 Å². The zero-order chi connectivity index (χ0) is 15.2. The van der Waals surface area contributed by atoms with Gasteiger partial charge in [-0.15, -0.1) is 0 Å². The van der Waals surface area contributed by atoms with Gasteiger partial charge in [-0.3, -0.25) is 0 Å². The quantitative estimate of drug-likeness (QED) is 0.746. The Morgan fingerprint density at radius 1 is 1.19 bits per heavy atom. The first-order valence-corrected chi connectivity index (χ1v) is 8.48. The molecule has 116 valence electrons. The average molecular weight is 286 g/mol. The number of benzene rings is 1. The molecule has 2 atom stereocenters. The number of para-hydroxylation sites is 1. The maximum absolute atomic E-state index is 6.01. The van der Waals surface area contributed by atoms with Crippen LogP contribution in [0.4, 0.5) is 0 Å². The smallest absolute Gasteiger partial charge is 0.0483 e. The van der Waals surface area contributed by atoms with E-state index in [1.54, 1.807) is 0 Å². The molecule has 0 saturated carbocycles. The fraction of sp³-hybridized carbons (Fsp3) is 0.579. The Morgan fingerprint density at radius 2 is 1.95 bits per heavy atom. The van der Waals surface area contributed by atoms with E-state index in [4.69, 9.17) is 5.73 Å². The predicted molar refractivity (Wildman–Crippen MR) is 92.6 cm³/mol. The molecule has 21 heavy (non-hydrogen) atoms. The molecule has 0 bridgehead atoms. The van der Waals surface area contributed by atoms with Gasteiger partial charge in [-0.05, 0) is 37.3 Å². The highest BCUT2D eigenvalue weighted by Crippen LogP contribution is 2.25. The second-order valence-corrected chi connectivity index (χ2v) is 6.42. The van der Waals surface area contributed by atoms with Crippen LogP contribution >= 0.6 is 0 Å². The summed E-state index contributed by atoms with van der Waals surface area (Å²) in [4.78, 5) is 0. The van der Waals surface area contributed by atoms with Crippen molar-refractivity contribution in [1.29, 1.82) is 0 Å². The lowest BCUT2D eigenvalue weighted by Gasteiger charge is -2.16. The van der Waals surface area contributed by atoms with Crippen molar-refractivity contribution in [2.24, 2.45) is 11.7 Å². The zero-order valence-electron chi connectivity index (χ0n) is 13.8. The van der Waals surface area contributed by atoms with Gasteiger partial charge in [0, 0.05) is 29.7 Å². The number of nitrogens with two attached hydrogens (primary N) is 1. The van der Waals surface area contributed by atoms with E-state index in [0.717, 1.165) is 18.9 Å². The van der Waals surface area contributed by atoms with Gasteiger partial charge in [-0.1, -0.05) is 51.3 Å². The Morgan fingerprint density at radius 3 is 2.62 bits per heavy atom. The molecule has 2 rings (SSSR count). The van der Waals surface area contributed by atoms with Crippen molar-refractivity contribution >= 4 is 10.9 Å². The van der Waals surface area contributed by atoms with Crippen LogP contribution < -0.4 is 5.73 Å². The van der Waals surface area contributed by atoms with E-state index in [2.05, 4.69) is 55.8 Å². The summed E-state index contributed by atoms with van der Waals surface area (Å²) in [5.74, 6) is 0.781. The normalized spacial score (nSPS) is 14.5. The molecule has 0 spiro atoms. The summed E-state index contributed by atoms with van der Waals surface area (Å²) >= 11 is 0. The molecule has 2 N–H and O–H groups in total. The largest absolute Gasteiger partial charge is 0.347 e. The molecule has 2 unspecified atom stereocenters. The Kier molecular flexibility index (Phi) is 5.86. The van der Waals surface area contributed by atoms with E-state index < -0.39 is 0 Å². The van der Waals surface area contributed by atoms with Crippen LogP contribution in [0.1, 0.15) is 52.0 Å². The van der Waals surface area contributed by atoms with Crippen molar-refractivity contribution < 1.29 is 0 Å². The van der Waals surface area contributed by atoms with Gasteiger partial charge in [0.05, 0.1) is 0 Å². The van der Waals surface area contributed by atoms with Crippen molar-refractivity contribution in [1.82, 2.24) is 4.57 Å². The maximum Gasteiger partial charge on any atom is 0.0483 e. The van der Waals surface area contributed by atoms with Crippen LogP contribution in [0.25, 0.3) is 10.9 Å². The van der Waals surface area contributed by atoms with Crippen molar-refractivity contribution in [3.05, 3.63) is 36.0 Å². The fourth-order valence-corrected chi connectivity index (χ4v) is 3.18. The van der Waals surface area contributed by atoms with Gasteiger partial charge >= 0.3 is 0 Å². The summed E-state index contributed by atoms with van der Waals surface area (Å²) in [7, 11) is 0. The first-order chi connectivity index (χ1) is 10.2. The van der Waals surface area contributed by atoms with Crippen LogP contribution in [0.2, 0.25) is 0 Å². The third-order valence-electron chi connectivity index (χ3n) is 4.41. The third kappa shape index (κ3) is 4.10. The zero-order valence-corrected chi connectivity index (χ0v) is 13.8. The number of unbranched alkanes of at least 4 members (excludes halogenated alkanes) is 1. The number of hydrogen-bond acceptors (Lipinski definition) is 1. The van der Waals surface area contributed by atoms with Gasteiger partial charge in [-0.25, -0.2) is 0 Å². The standard InChI is InChI=1S/C19H30N2/c1-4-6-9-16(5-2)13-21-14-17(12-15(3)20)18-10-7-8-11-19(18)21/h7-8,10-11,14-16H,4-6,9,12-13,20H2,1-3H3. The average Bonchev–Trinajstić information content (AvgIpc) is 2.81. The van der Waals surface area contributed by atoms with Crippen LogP contribution in [-0.4, -0.2) is 10.6 Å². The van der Waals surface area contributed by atoms with E-state index in [9.17, 15) is 0 Å². The van der Waals surface area contributed by atoms with Crippen LogP contribution in [0.15, 0.2) is 30.5 Å². The molecule has 1 aromatic carbocycles. The summed E-state index contributed by atoms with van der Waals surface area (Å²) in [6.07, 6.45) is 8.52. The second kappa shape index (κ2) is 7.65. The first-order valence-electron chi connectivity index (χ1n) is 8.48. The predicted octanol–water partition coefficient (Wildman–Crippen LogP) is 4.75. The van der Waals surface area contributed by atoms with E-state index >= 15 is 0 Å². The molecule has 0 aliphatic rings. The minimum Gasteiger partial charge on any atom is -0.347 e. The van der Waals surface area contributed by atoms with E-state index in [-0.39, 0.29) is 6.04 Å². The monoisotopic (exact) mass is 286 g/mol. The number of fused-ring (bicyclic) bond motifs is 1. The molecular weight excluding hydrogens is 256 g/mol. The summed E-state index contributed by atoms with van der Waals surface area (Å²) in [5.41, 5.74) is 8.77. The highest BCUT2D eigenvalue weighted by Gasteiger charge is 2.13. The van der Waals surface area contributed by atoms with Gasteiger partial charge in [-0.2, -0.15) is 0 Å². The first kappa shape index (κ1) is 16.1. The number of aromatic nitrogens is 1. The van der Waals surface area contributed by atoms with Crippen molar-refractivity contribution in [2.75, 3.05) is 0 Å². The maximum atomic E-state index is 6.01. The summed E-state index contributed by atoms with van der Waals surface area (Å²) in [6, 6.07) is 8.96. The Bertz CT molecular complexity index is 554. The molecular formula is C19H30N2. The molecule has 0 radical (unpaired) electrons. The van der Waals surface area contributed by atoms with Crippen molar-refractivity contribution in [2.45, 2.75) is 65.5 Å². The summed E-state index contributed by atoms with van der Waals surface area (Å²) in [6.45, 7) is 7.81. The molecule has 0 aliphatic carbocycles. The SMILES string of the molecule is CCCCC(CC)Cn1cc(CC(C)N)c2ccccc21. The van der Waals surface area contributed by atoms with Crippen LogP contribution in [-0.2, 0) is 13.0 Å². The molecule has 0 amide bonds. The summed E-state index contributed by atoms with van der Waals surface area (Å²) in [5, 5.41) is 1.38. The van der Waals surface area contributed by atoms with Crippen LogP contribution in [0, 0.1) is 5.92 Å². The van der Waals surface area contributed by atoms with E-state index in [0.29, 0.717) is 0 Å². The molecule has 0 aliphatic heterocycles. The van der Waals surface area contributed by atoms with Crippen molar-refractivity contribution in [3.63, 3.8) is 0 Å². The Hall–Kier alpha value is -1.28. The van der Waals surface area contributed by atoms with Crippen LogP contribution in [0.3, 0.4) is 0 Å². The highest BCUT2D eigenvalue weighted by atomic mass is 15.0. The van der Waals surface area contributed by atoms with E-state index in [1.165, 1.54) is 42.1 Å². The van der Waals surface area contributed by atoms with Gasteiger partial charge in [0.2, 0.25) is 0 Å². The number of rotatable bonds is 8. The molecule has 2 heteroatoms. The van der Waals surface area contributed by atoms with Gasteiger partial charge in [0.1, 0.15) is 0 Å². The fourth-order valence-electron chi connectivity index (χ4n) is 3.18. The summed E-state index contributed by atoms with van der Waals surface area (Å²) < 4.78 is 2.46. The minimum absolute atomic E-state index is 0.214. The third-order valence-corrected chi connectivity index (χ3v) is 4.41. The van der Waals surface area contributed by atoms with Crippen LogP contribution in [0.5, 0.6) is 0 Å². The molecule has 1 heterocycles. The van der Waals surface area contributed by atoms with Gasteiger partial charge in [0.15, 0.2) is 0 Å². The second-order valence-electron chi connectivity index (χ2n) is 6.42. The lowest BCUT2D eigenvalue weighted by molar-refractivity contribution is 0.396. The molecule has 1 aromatic heterocycles. The van der Waals surface area contributed by atoms with E-state index in [1.807, 2.05) is 0 Å². The number of nitrogens with zero attached hydrogens (tertiary/aromatic N) is 1. The lowest BCUT2D eigenvalue weighted by Crippen LogP contribution is -2.17.